The summed E-state index contributed by atoms with van der Waals surface area (Å²) in [7, 11) is 0. The summed E-state index contributed by atoms with van der Waals surface area (Å²) in [4.78, 5) is 29.9. The Morgan fingerprint density at radius 2 is 1.73 bits per heavy atom. The van der Waals surface area contributed by atoms with Crippen LogP contribution in [-0.2, 0) is 35.4 Å². The van der Waals surface area contributed by atoms with E-state index in [4.69, 9.17) is 11.6 Å². The Labute approximate surface area is 228 Å². The molecular weight excluding hydrogens is 504 g/mol. The average molecular weight is 539 g/mol. The molecule has 6 nitrogen and oxygen atoms in total. The van der Waals surface area contributed by atoms with Crippen molar-refractivity contribution in [3.8, 4) is 0 Å². The molecule has 8 heteroatoms. The predicted molar refractivity (Wildman–Crippen MR) is 150 cm³/mol. The van der Waals surface area contributed by atoms with E-state index in [0.717, 1.165) is 48.2 Å². The highest BCUT2D eigenvalue weighted by atomic mass is 35.5. The van der Waals surface area contributed by atoms with Crippen molar-refractivity contribution in [1.29, 1.82) is 0 Å². The molecule has 1 aromatic heterocycles. The molecule has 0 bridgehead atoms. The van der Waals surface area contributed by atoms with Gasteiger partial charge >= 0.3 is 0 Å². The maximum atomic E-state index is 13.0. The van der Waals surface area contributed by atoms with Crippen LogP contribution in [0.5, 0.6) is 0 Å². The van der Waals surface area contributed by atoms with Gasteiger partial charge < -0.3 is 4.90 Å². The Morgan fingerprint density at radius 1 is 1.05 bits per heavy atom. The first kappa shape index (κ1) is 27.4. The van der Waals surface area contributed by atoms with E-state index in [1.807, 2.05) is 36.4 Å². The van der Waals surface area contributed by atoms with Crippen LogP contribution in [0.25, 0.3) is 0 Å². The van der Waals surface area contributed by atoms with Gasteiger partial charge in [0.05, 0.1) is 6.42 Å². The minimum absolute atomic E-state index is 0.00186. The zero-order valence-electron chi connectivity index (χ0n) is 21.8. The minimum Gasteiger partial charge on any atom is -0.312 e. The summed E-state index contributed by atoms with van der Waals surface area (Å²) in [6.45, 7) is 10.0. The van der Waals surface area contributed by atoms with E-state index < -0.39 is 0 Å². The first-order valence-electron chi connectivity index (χ1n) is 13.0. The third-order valence-corrected chi connectivity index (χ3v) is 7.92. The van der Waals surface area contributed by atoms with E-state index in [0.29, 0.717) is 17.5 Å². The highest BCUT2D eigenvalue weighted by molar-refractivity contribution is 7.11. The summed E-state index contributed by atoms with van der Waals surface area (Å²) in [6.07, 6.45) is 2.10. The molecule has 1 aliphatic rings. The molecule has 1 saturated heterocycles. The van der Waals surface area contributed by atoms with Gasteiger partial charge in [0.25, 0.3) is 0 Å². The number of hydrogen-bond acceptors (Lipinski definition) is 6. The lowest BCUT2D eigenvalue weighted by Gasteiger charge is -2.23. The molecule has 0 radical (unpaired) electrons. The molecule has 1 atom stereocenters. The lowest BCUT2D eigenvalue weighted by molar-refractivity contribution is -0.124. The Kier molecular flexibility index (Phi) is 9.46. The van der Waals surface area contributed by atoms with Gasteiger partial charge in [0, 0.05) is 49.1 Å². The lowest BCUT2D eigenvalue weighted by atomic mass is 10.0. The number of anilines is 1. The first-order valence-corrected chi connectivity index (χ1v) is 14.2. The number of carbonyl (C=O) groups is 2. The first-order chi connectivity index (χ1) is 17.8. The minimum atomic E-state index is -0.310. The molecule has 3 aromatic rings. The Bertz CT molecular complexity index is 1190. The predicted octanol–water partition coefficient (Wildman–Crippen LogP) is 5.62. The summed E-state index contributed by atoms with van der Waals surface area (Å²) in [6, 6.07) is 16.0. The van der Waals surface area contributed by atoms with Crippen molar-refractivity contribution in [3.05, 3.63) is 74.7 Å². The van der Waals surface area contributed by atoms with Crippen molar-refractivity contribution in [2.45, 2.75) is 53.0 Å². The normalized spacial score (nSPS) is 15.8. The number of benzene rings is 2. The lowest BCUT2D eigenvalue weighted by Crippen LogP contribution is -2.27. The van der Waals surface area contributed by atoms with Crippen LogP contribution in [-0.4, -0.2) is 46.4 Å². The molecule has 0 N–H and O–H groups in total. The van der Waals surface area contributed by atoms with Crippen LogP contribution in [0, 0.1) is 11.8 Å². The number of hydrogen-bond donors (Lipinski definition) is 0. The van der Waals surface area contributed by atoms with Crippen molar-refractivity contribution in [2.75, 3.05) is 24.5 Å². The fourth-order valence-electron chi connectivity index (χ4n) is 4.69. The standard InChI is InChI=1S/C29H35ClN4O2S/c1-4-33(17-20(2)3)18-22-7-12-25(13-8-22)34-19-23(15-29(34)36)26(35)16-28-32-31-27(37-28)14-9-21-5-10-24(30)11-6-21/h5-8,10-13,20,23H,4,9,14-19H2,1-3H3. The Balaban J connectivity index is 1.29. The van der Waals surface area contributed by atoms with Crippen LogP contribution in [0.15, 0.2) is 48.5 Å². The van der Waals surface area contributed by atoms with Crippen LogP contribution in [0.2, 0.25) is 5.02 Å². The van der Waals surface area contributed by atoms with Crippen molar-refractivity contribution in [3.63, 3.8) is 0 Å². The number of Topliss-reactive ketones (excluding diaryl/α,β-unsaturated/α-hetero) is 1. The van der Waals surface area contributed by atoms with Crippen LogP contribution in [0.3, 0.4) is 0 Å². The third-order valence-electron chi connectivity index (χ3n) is 6.68. The van der Waals surface area contributed by atoms with Crippen LogP contribution >= 0.6 is 22.9 Å². The number of carbonyl (C=O) groups excluding carboxylic acids is 2. The molecule has 37 heavy (non-hydrogen) atoms. The smallest absolute Gasteiger partial charge is 0.227 e. The Morgan fingerprint density at radius 3 is 2.41 bits per heavy atom. The molecule has 1 aliphatic heterocycles. The number of aryl methyl sites for hydroxylation is 2. The van der Waals surface area contributed by atoms with Gasteiger partial charge in [-0.25, -0.2) is 0 Å². The van der Waals surface area contributed by atoms with Crippen molar-refractivity contribution < 1.29 is 9.59 Å². The van der Waals surface area contributed by atoms with E-state index in [1.54, 1.807) is 4.90 Å². The number of rotatable bonds is 12. The SMILES string of the molecule is CCN(Cc1ccc(N2CC(C(=O)Cc3nnc(CCc4ccc(Cl)cc4)s3)CC2=O)cc1)CC(C)C. The maximum Gasteiger partial charge on any atom is 0.227 e. The summed E-state index contributed by atoms with van der Waals surface area (Å²) in [5, 5.41) is 10.9. The van der Waals surface area contributed by atoms with Gasteiger partial charge in [-0.3, -0.25) is 14.5 Å². The van der Waals surface area contributed by atoms with Crippen LogP contribution in [0.1, 0.15) is 48.3 Å². The number of nitrogens with zero attached hydrogens (tertiary/aromatic N) is 4. The zero-order chi connectivity index (χ0) is 26.4. The number of aromatic nitrogens is 2. The summed E-state index contributed by atoms with van der Waals surface area (Å²) < 4.78 is 0. The number of ketones is 1. The summed E-state index contributed by atoms with van der Waals surface area (Å²) >= 11 is 7.43. The monoisotopic (exact) mass is 538 g/mol. The van der Waals surface area contributed by atoms with Crippen LogP contribution < -0.4 is 4.90 Å². The highest BCUT2D eigenvalue weighted by Gasteiger charge is 2.35. The second-order valence-corrected chi connectivity index (χ2v) is 11.7. The average Bonchev–Trinajstić information content (AvgIpc) is 3.49. The molecule has 0 aliphatic carbocycles. The number of amides is 1. The molecule has 1 unspecified atom stereocenters. The second kappa shape index (κ2) is 12.8. The quantitative estimate of drug-likeness (QED) is 0.299. The molecule has 0 saturated carbocycles. The molecule has 0 spiro atoms. The van der Waals surface area contributed by atoms with E-state index in [-0.39, 0.29) is 30.4 Å². The van der Waals surface area contributed by atoms with E-state index in [9.17, 15) is 9.59 Å². The zero-order valence-corrected chi connectivity index (χ0v) is 23.4. The topological polar surface area (TPSA) is 66.4 Å². The fraction of sp³-hybridized carbons (Fsp3) is 0.448. The summed E-state index contributed by atoms with van der Waals surface area (Å²) in [5.74, 6) is 0.370. The van der Waals surface area contributed by atoms with Gasteiger partial charge in [0.15, 0.2) is 0 Å². The van der Waals surface area contributed by atoms with Gasteiger partial charge in [-0.15, -0.1) is 21.5 Å². The molecule has 196 valence electrons. The van der Waals surface area contributed by atoms with E-state index in [1.165, 1.54) is 22.5 Å². The van der Waals surface area contributed by atoms with Crippen molar-refractivity contribution in [2.24, 2.45) is 11.8 Å². The van der Waals surface area contributed by atoms with Crippen molar-refractivity contribution >= 4 is 40.3 Å². The van der Waals surface area contributed by atoms with E-state index in [2.05, 4.69) is 48.0 Å². The maximum absolute atomic E-state index is 13.0. The second-order valence-electron chi connectivity index (χ2n) is 10.2. The van der Waals surface area contributed by atoms with Crippen LogP contribution in [0.4, 0.5) is 5.69 Å². The van der Waals surface area contributed by atoms with Gasteiger partial charge in [0.2, 0.25) is 5.91 Å². The molecule has 4 rings (SSSR count). The Hall–Kier alpha value is -2.61. The van der Waals surface area contributed by atoms with Gasteiger partial charge in [-0.2, -0.15) is 0 Å². The van der Waals surface area contributed by atoms with Gasteiger partial charge in [-0.1, -0.05) is 56.6 Å². The molecule has 1 amide bonds. The molecule has 2 heterocycles. The number of halogens is 1. The molecular formula is C29H35ClN4O2S. The van der Waals surface area contributed by atoms with Gasteiger partial charge in [-0.05, 0) is 54.3 Å². The fourth-order valence-corrected chi connectivity index (χ4v) is 5.67. The summed E-state index contributed by atoms with van der Waals surface area (Å²) in [5.41, 5.74) is 3.28. The van der Waals surface area contributed by atoms with Crippen molar-refractivity contribution in [1.82, 2.24) is 15.1 Å². The third kappa shape index (κ3) is 7.69. The molecule has 1 fully saturated rings. The van der Waals surface area contributed by atoms with Gasteiger partial charge in [0.1, 0.15) is 15.8 Å². The largest absolute Gasteiger partial charge is 0.312 e. The molecule has 2 aromatic carbocycles. The highest BCUT2D eigenvalue weighted by Crippen LogP contribution is 2.27. The van der Waals surface area contributed by atoms with E-state index >= 15 is 0 Å².